The van der Waals surface area contributed by atoms with Crippen LogP contribution in [0.15, 0.2) is 22.7 Å². The van der Waals surface area contributed by atoms with Gasteiger partial charge < -0.3 is 15.3 Å². The predicted octanol–water partition coefficient (Wildman–Crippen LogP) is 2.61. The fraction of sp³-hybridized carbons (Fsp3) is 0.533. The molecule has 1 heterocycles. The zero-order valence-electron chi connectivity index (χ0n) is 11.9. The van der Waals surface area contributed by atoms with Gasteiger partial charge in [0.15, 0.2) is 0 Å². The predicted molar refractivity (Wildman–Crippen MR) is 83.8 cm³/mol. The summed E-state index contributed by atoms with van der Waals surface area (Å²) in [6.45, 7) is 5.14. The van der Waals surface area contributed by atoms with Crippen LogP contribution in [0.5, 0.6) is 0 Å². The molecule has 1 atom stereocenters. The molecule has 0 saturated carbocycles. The van der Waals surface area contributed by atoms with Gasteiger partial charge in [0.25, 0.3) is 0 Å². The monoisotopic (exact) mass is 340 g/mol. The number of nitrogens with zero attached hydrogens (tertiary/aromatic N) is 1. The minimum absolute atomic E-state index is 0.0387. The molecule has 2 rings (SSSR count). The molecular formula is C15H21BrN2O2. The number of anilines is 1. The largest absolute Gasteiger partial charge is 0.389 e. The van der Waals surface area contributed by atoms with Crippen LogP contribution < -0.4 is 10.2 Å². The van der Waals surface area contributed by atoms with E-state index in [4.69, 9.17) is 0 Å². The highest BCUT2D eigenvalue weighted by atomic mass is 79.9. The number of hydrogen-bond acceptors (Lipinski definition) is 3. The molecule has 5 heteroatoms. The van der Waals surface area contributed by atoms with E-state index in [2.05, 4.69) is 26.1 Å². The summed E-state index contributed by atoms with van der Waals surface area (Å²) in [6.07, 6.45) is 1.39. The van der Waals surface area contributed by atoms with E-state index in [1.54, 1.807) is 13.8 Å². The van der Waals surface area contributed by atoms with Crippen LogP contribution in [0.2, 0.25) is 0 Å². The van der Waals surface area contributed by atoms with Crippen molar-refractivity contribution in [3.8, 4) is 0 Å². The molecule has 0 spiro atoms. The van der Waals surface area contributed by atoms with Crippen molar-refractivity contribution >= 4 is 27.5 Å². The summed E-state index contributed by atoms with van der Waals surface area (Å²) in [5, 5.41) is 12.9. The average Bonchev–Trinajstić information content (AvgIpc) is 2.39. The number of piperidine rings is 1. The summed E-state index contributed by atoms with van der Waals surface area (Å²) in [6, 6.07) is 6.29. The summed E-state index contributed by atoms with van der Waals surface area (Å²) in [5.74, 6) is 0.0387. The Labute approximate surface area is 128 Å². The van der Waals surface area contributed by atoms with Crippen LogP contribution in [-0.2, 0) is 4.79 Å². The van der Waals surface area contributed by atoms with E-state index in [0.29, 0.717) is 0 Å². The molecule has 1 unspecified atom stereocenters. The molecule has 110 valence electrons. The Kier molecular flexibility index (Phi) is 5.05. The lowest BCUT2D eigenvalue weighted by Crippen LogP contribution is -2.44. The van der Waals surface area contributed by atoms with E-state index in [1.165, 1.54) is 0 Å². The van der Waals surface area contributed by atoms with Gasteiger partial charge in [0, 0.05) is 41.8 Å². The van der Waals surface area contributed by atoms with Gasteiger partial charge in [-0.05, 0) is 38.0 Å². The van der Waals surface area contributed by atoms with Gasteiger partial charge >= 0.3 is 0 Å². The molecule has 1 aromatic carbocycles. The molecular weight excluding hydrogens is 320 g/mol. The maximum absolute atomic E-state index is 11.1. The fourth-order valence-corrected chi connectivity index (χ4v) is 3.08. The number of nitrogens with one attached hydrogen (secondary N) is 1. The Balaban J connectivity index is 2.09. The molecule has 0 aliphatic carbocycles. The summed E-state index contributed by atoms with van der Waals surface area (Å²) in [4.78, 5) is 13.4. The van der Waals surface area contributed by atoms with Crippen LogP contribution in [0.3, 0.4) is 0 Å². The highest BCUT2D eigenvalue weighted by molar-refractivity contribution is 9.10. The highest BCUT2D eigenvalue weighted by Gasteiger charge is 2.22. The molecule has 1 aliphatic rings. The third-order valence-electron chi connectivity index (χ3n) is 3.68. The van der Waals surface area contributed by atoms with E-state index < -0.39 is 6.10 Å². The minimum Gasteiger partial charge on any atom is -0.389 e. The van der Waals surface area contributed by atoms with Crippen LogP contribution in [0, 0.1) is 0 Å². The molecule has 20 heavy (non-hydrogen) atoms. The zero-order chi connectivity index (χ0) is 14.7. The zero-order valence-corrected chi connectivity index (χ0v) is 13.5. The Bertz CT molecular complexity index is 483. The van der Waals surface area contributed by atoms with Gasteiger partial charge in [0.05, 0.1) is 6.10 Å². The fourth-order valence-electron chi connectivity index (χ4n) is 2.70. The van der Waals surface area contributed by atoms with Crippen LogP contribution >= 0.6 is 15.9 Å². The molecule has 1 aliphatic heterocycles. The lowest BCUT2D eigenvalue weighted by Gasteiger charge is -2.35. The third kappa shape index (κ3) is 3.73. The van der Waals surface area contributed by atoms with Gasteiger partial charge in [0.2, 0.25) is 5.91 Å². The number of halogens is 1. The number of hydrogen-bond donors (Lipinski definition) is 2. The van der Waals surface area contributed by atoms with Crippen molar-refractivity contribution in [2.45, 2.75) is 38.8 Å². The summed E-state index contributed by atoms with van der Waals surface area (Å²) in [7, 11) is 0. The molecule has 1 amide bonds. The number of carbonyl (C=O) groups is 1. The number of amides is 1. The van der Waals surface area contributed by atoms with Gasteiger partial charge in [-0.3, -0.25) is 4.79 Å². The van der Waals surface area contributed by atoms with Crippen molar-refractivity contribution in [3.05, 3.63) is 28.2 Å². The maximum Gasteiger partial charge on any atom is 0.217 e. The van der Waals surface area contributed by atoms with Crippen LogP contribution in [-0.4, -0.2) is 30.1 Å². The second-order valence-electron chi connectivity index (χ2n) is 5.34. The van der Waals surface area contributed by atoms with Crippen LogP contribution in [0.4, 0.5) is 5.69 Å². The van der Waals surface area contributed by atoms with E-state index in [-0.39, 0.29) is 11.9 Å². The number of aliphatic hydroxyl groups is 1. The Morgan fingerprint density at radius 1 is 1.45 bits per heavy atom. The topological polar surface area (TPSA) is 52.6 Å². The number of carbonyl (C=O) groups excluding carboxylic acids is 1. The smallest absolute Gasteiger partial charge is 0.217 e. The lowest BCUT2D eigenvalue weighted by molar-refractivity contribution is -0.119. The summed E-state index contributed by atoms with van der Waals surface area (Å²) in [5.41, 5.74) is 2.03. The van der Waals surface area contributed by atoms with Crippen LogP contribution in [0.1, 0.15) is 38.4 Å². The van der Waals surface area contributed by atoms with Crippen molar-refractivity contribution in [2.75, 3.05) is 18.0 Å². The first-order chi connectivity index (χ1) is 9.47. The molecule has 1 saturated heterocycles. The number of benzene rings is 1. The van der Waals surface area contributed by atoms with Gasteiger partial charge in [-0.2, -0.15) is 0 Å². The van der Waals surface area contributed by atoms with Crippen molar-refractivity contribution in [1.29, 1.82) is 0 Å². The molecule has 2 N–H and O–H groups in total. The molecule has 4 nitrogen and oxygen atoms in total. The van der Waals surface area contributed by atoms with E-state index in [1.807, 2.05) is 18.2 Å². The van der Waals surface area contributed by atoms with Crippen molar-refractivity contribution in [3.63, 3.8) is 0 Å². The summed E-state index contributed by atoms with van der Waals surface area (Å²) >= 11 is 3.45. The van der Waals surface area contributed by atoms with Crippen molar-refractivity contribution in [1.82, 2.24) is 5.32 Å². The molecule has 1 fully saturated rings. The second kappa shape index (κ2) is 6.59. The average molecular weight is 341 g/mol. The first-order valence-electron chi connectivity index (χ1n) is 6.97. The van der Waals surface area contributed by atoms with Crippen LogP contribution in [0.25, 0.3) is 0 Å². The summed E-state index contributed by atoms with van der Waals surface area (Å²) < 4.78 is 0.977. The van der Waals surface area contributed by atoms with E-state index in [0.717, 1.165) is 41.7 Å². The number of aliphatic hydroxyl groups excluding tert-OH is 1. The SMILES string of the molecule is CC(=O)NC1CCN(c2ccc(Br)cc2C(C)O)CC1. The normalized spacial score (nSPS) is 17.9. The molecule has 0 radical (unpaired) electrons. The standard InChI is InChI=1S/C15H21BrN2O2/c1-10(19)14-9-12(16)3-4-15(14)18-7-5-13(6-8-18)17-11(2)20/h3-4,9-10,13,19H,5-8H2,1-2H3,(H,17,20). The lowest BCUT2D eigenvalue weighted by atomic mass is 10.0. The molecule has 0 aromatic heterocycles. The van der Waals surface area contributed by atoms with E-state index >= 15 is 0 Å². The molecule has 1 aromatic rings. The Morgan fingerprint density at radius 2 is 2.10 bits per heavy atom. The number of rotatable bonds is 3. The van der Waals surface area contributed by atoms with Crippen molar-refractivity contribution < 1.29 is 9.90 Å². The Morgan fingerprint density at radius 3 is 2.65 bits per heavy atom. The van der Waals surface area contributed by atoms with Gasteiger partial charge in [-0.1, -0.05) is 15.9 Å². The minimum atomic E-state index is -0.490. The van der Waals surface area contributed by atoms with Crippen molar-refractivity contribution in [2.24, 2.45) is 0 Å². The second-order valence-corrected chi connectivity index (χ2v) is 6.26. The maximum atomic E-state index is 11.1. The van der Waals surface area contributed by atoms with Gasteiger partial charge in [0.1, 0.15) is 0 Å². The Hall–Kier alpha value is -1.07. The quantitative estimate of drug-likeness (QED) is 0.889. The highest BCUT2D eigenvalue weighted by Crippen LogP contribution is 2.31. The first kappa shape index (κ1) is 15.3. The molecule has 0 bridgehead atoms. The van der Waals surface area contributed by atoms with Gasteiger partial charge in [-0.15, -0.1) is 0 Å². The van der Waals surface area contributed by atoms with Gasteiger partial charge in [-0.25, -0.2) is 0 Å². The third-order valence-corrected chi connectivity index (χ3v) is 4.18. The van der Waals surface area contributed by atoms with E-state index in [9.17, 15) is 9.90 Å². The first-order valence-corrected chi connectivity index (χ1v) is 7.76.